The van der Waals surface area contributed by atoms with Crippen LogP contribution in [-0.4, -0.2) is 23.7 Å². The lowest BCUT2D eigenvalue weighted by Gasteiger charge is -2.14. The number of anilines is 1. The van der Waals surface area contributed by atoms with Crippen molar-refractivity contribution in [2.45, 2.75) is 38.9 Å². The molecule has 4 heteroatoms. The van der Waals surface area contributed by atoms with E-state index in [4.69, 9.17) is 4.74 Å². The van der Waals surface area contributed by atoms with Crippen LogP contribution in [0.1, 0.15) is 25.5 Å². The highest BCUT2D eigenvalue weighted by molar-refractivity contribution is 9.10. The summed E-state index contributed by atoms with van der Waals surface area (Å²) in [6, 6.07) is 4.00. The molecule has 1 saturated heterocycles. The Bertz CT molecular complexity index is 370. The average Bonchev–Trinajstić information content (AvgIpc) is 2.63. The molecule has 0 spiro atoms. The normalized spacial score (nSPS) is 24.7. The summed E-state index contributed by atoms with van der Waals surface area (Å²) in [5.74, 6) is 0. The van der Waals surface area contributed by atoms with Gasteiger partial charge in [0.05, 0.1) is 23.6 Å². The molecule has 0 aromatic carbocycles. The lowest BCUT2D eigenvalue weighted by molar-refractivity contribution is 0.0637. The molecular formula is C12H17BrN2O. The lowest BCUT2D eigenvalue weighted by Crippen LogP contribution is -2.20. The van der Waals surface area contributed by atoms with Crippen LogP contribution in [-0.2, 0) is 4.74 Å². The van der Waals surface area contributed by atoms with E-state index >= 15 is 0 Å². The third-order valence-corrected chi connectivity index (χ3v) is 3.33. The van der Waals surface area contributed by atoms with E-state index in [9.17, 15) is 0 Å². The minimum Gasteiger partial charge on any atom is -0.381 e. The molecular weight excluding hydrogens is 268 g/mol. The summed E-state index contributed by atoms with van der Waals surface area (Å²) in [5, 5.41) is 3.39. The fraction of sp³-hybridized carbons (Fsp3) is 0.583. The molecule has 0 aliphatic carbocycles. The maximum atomic E-state index is 5.75. The molecule has 0 bridgehead atoms. The van der Waals surface area contributed by atoms with Crippen LogP contribution in [0.15, 0.2) is 16.7 Å². The van der Waals surface area contributed by atoms with Gasteiger partial charge in [-0.25, -0.2) is 4.98 Å². The van der Waals surface area contributed by atoms with Gasteiger partial charge in [-0.2, -0.15) is 0 Å². The second-order valence-electron chi connectivity index (χ2n) is 4.29. The van der Waals surface area contributed by atoms with E-state index in [1.807, 2.05) is 19.1 Å². The van der Waals surface area contributed by atoms with E-state index < -0.39 is 0 Å². The Balaban J connectivity index is 1.89. The molecule has 88 valence electrons. The monoisotopic (exact) mass is 284 g/mol. The third kappa shape index (κ3) is 2.95. The number of nitrogens with one attached hydrogen (secondary N) is 1. The smallest absolute Gasteiger partial charge is 0.106 e. The highest BCUT2D eigenvalue weighted by Crippen LogP contribution is 2.21. The van der Waals surface area contributed by atoms with Gasteiger partial charge in [0.25, 0.3) is 0 Å². The van der Waals surface area contributed by atoms with E-state index in [-0.39, 0.29) is 0 Å². The van der Waals surface area contributed by atoms with Crippen molar-refractivity contribution < 1.29 is 4.74 Å². The zero-order valence-electron chi connectivity index (χ0n) is 9.66. The number of pyridine rings is 1. The van der Waals surface area contributed by atoms with Crippen molar-refractivity contribution in [2.24, 2.45) is 0 Å². The van der Waals surface area contributed by atoms with Crippen molar-refractivity contribution in [1.29, 1.82) is 0 Å². The molecule has 2 atom stereocenters. The molecule has 1 aliphatic rings. The molecule has 2 unspecified atom stereocenters. The second-order valence-corrected chi connectivity index (χ2v) is 5.11. The number of aromatic nitrogens is 1. The Labute approximate surface area is 105 Å². The number of aryl methyl sites for hydroxylation is 1. The van der Waals surface area contributed by atoms with Gasteiger partial charge in [0.2, 0.25) is 0 Å². The number of hydrogen-bond donors (Lipinski definition) is 1. The van der Waals surface area contributed by atoms with E-state index in [1.54, 1.807) is 0 Å². The lowest BCUT2D eigenvalue weighted by atomic mass is 10.2. The van der Waals surface area contributed by atoms with Gasteiger partial charge in [0.1, 0.15) is 4.60 Å². The van der Waals surface area contributed by atoms with Gasteiger partial charge in [0, 0.05) is 6.54 Å². The Kier molecular flexibility index (Phi) is 3.82. The van der Waals surface area contributed by atoms with Gasteiger partial charge in [0.15, 0.2) is 0 Å². The van der Waals surface area contributed by atoms with Crippen LogP contribution in [0.5, 0.6) is 0 Å². The first-order valence-electron chi connectivity index (χ1n) is 5.67. The summed E-state index contributed by atoms with van der Waals surface area (Å²) in [7, 11) is 0. The van der Waals surface area contributed by atoms with Crippen LogP contribution in [0, 0.1) is 6.92 Å². The summed E-state index contributed by atoms with van der Waals surface area (Å²) < 4.78 is 6.63. The number of ether oxygens (including phenoxy) is 1. The van der Waals surface area contributed by atoms with Crippen molar-refractivity contribution in [3.63, 3.8) is 0 Å². The molecule has 1 N–H and O–H groups in total. The SMILES string of the molecule is Cc1nc(Br)ccc1NCC1CCC(C)O1. The summed E-state index contributed by atoms with van der Waals surface area (Å²) in [4.78, 5) is 4.35. The zero-order valence-corrected chi connectivity index (χ0v) is 11.3. The van der Waals surface area contributed by atoms with Gasteiger partial charge in [-0.1, -0.05) is 0 Å². The van der Waals surface area contributed by atoms with Gasteiger partial charge in [-0.05, 0) is 54.8 Å². The summed E-state index contributed by atoms with van der Waals surface area (Å²) in [6.45, 7) is 5.01. The Morgan fingerprint density at radius 1 is 1.50 bits per heavy atom. The van der Waals surface area contributed by atoms with Crippen molar-refractivity contribution in [3.05, 3.63) is 22.4 Å². The molecule has 1 fully saturated rings. The molecule has 2 rings (SSSR count). The van der Waals surface area contributed by atoms with E-state index in [0.717, 1.165) is 29.0 Å². The van der Waals surface area contributed by atoms with Gasteiger partial charge in [-0.15, -0.1) is 0 Å². The molecule has 1 aliphatic heterocycles. The van der Waals surface area contributed by atoms with Gasteiger partial charge < -0.3 is 10.1 Å². The number of hydrogen-bond acceptors (Lipinski definition) is 3. The number of rotatable bonds is 3. The van der Waals surface area contributed by atoms with Crippen molar-refractivity contribution in [1.82, 2.24) is 4.98 Å². The van der Waals surface area contributed by atoms with Crippen LogP contribution < -0.4 is 5.32 Å². The van der Waals surface area contributed by atoms with Crippen molar-refractivity contribution >= 4 is 21.6 Å². The fourth-order valence-electron chi connectivity index (χ4n) is 1.98. The van der Waals surface area contributed by atoms with Crippen molar-refractivity contribution in [3.8, 4) is 0 Å². The second kappa shape index (κ2) is 5.15. The van der Waals surface area contributed by atoms with E-state index in [0.29, 0.717) is 12.2 Å². The molecule has 3 nitrogen and oxygen atoms in total. The first kappa shape index (κ1) is 11.9. The molecule has 0 amide bonds. The topological polar surface area (TPSA) is 34.2 Å². The van der Waals surface area contributed by atoms with E-state index in [1.165, 1.54) is 6.42 Å². The van der Waals surface area contributed by atoms with Crippen LogP contribution >= 0.6 is 15.9 Å². The predicted octanol–water partition coefficient (Wildman–Crippen LogP) is 3.13. The zero-order chi connectivity index (χ0) is 11.5. The Morgan fingerprint density at radius 2 is 2.31 bits per heavy atom. The first-order chi connectivity index (χ1) is 7.65. The molecule has 0 saturated carbocycles. The average molecular weight is 285 g/mol. The van der Waals surface area contributed by atoms with Crippen LogP contribution in [0.2, 0.25) is 0 Å². The first-order valence-corrected chi connectivity index (χ1v) is 6.47. The largest absolute Gasteiger partial charge is 0.381 e. The summed E-state index contributed by atoms with van der Waals surface area (Å²) >= 11 is 3.36. The van der Waals surface area contributed by atoms with Crippen molar-refractivity contribution in [2.75, 3.05) is 11.9 Å². The standard InChI is InChI=1S/C12H17BrN2O/c1-8-3-4-10(16-8)7-14-11-5-6-12(13)15-9(11)2/h5-6,8,10,14H,3-4,7H2,1-2H3. The van der Waals surface area contributed by atoms with Crippen LogP contribution in [0.3, 0.4) is 0 Å². The van der Waals surface area contributed by atoms with Crippen LogP contribution in [0.25, 0.3) is 0 Å². The quantitative estimate of drug-likeness (QED) is 0.866. The Morgan fingerprint density at radius 3 is 2.94 bits per heavy atom. The fourth-order valence-corrected chi connectivity index (χ4v) is 2.37. The summed E-state index contributed by atoms with van der Waals surface area (Å²) in [6.07, 6.45) is 3.08. The van der Waals surface area contributed by atoms with Gasteiger partial charge >= 0.3 is 0 Å². The minimum atomic E-state index is 0.345. The molecule has 0 radical (unpaired) electrons. The summed E-state index contributed by atoms with van der Waals surface area (Å²) in [5.41, 5.74) is 2.10. The van der Waals surface area contributed by atoms with Crippen LogP contribution in [0.4, 0.5) is 5.69 Å². The molecule has 1 aromatic heterocycles. The highest BCUT2D eigenvalue weighted by Gasteiger charge is 2.21. The predicted molar refractivity (Wildman–Crippen MR) is 68.7 cm³/mol. The van der Waals surface area contributed by atoms with E-state index in [2.05, 4.69) is 33.2 Å². The number of nitrogens with zero attached hydrogens (tertiary/aromatic N) is 1. The maximum absolute atomic E-state index is 5.75. The number of halogens is 1. The third-order valence-electron chi connectivity index (χ3n) is 2.89. The highest BCUT2D eigenvalue weighted by atomic mass is 79.9. The maximum Gasteiger partial charge on any atom is 0.106 e. The minimum absolute atomic E-state index is 0.345. The molecule has 2 heterocycles. The molecule has 1 aromatic rings. The Hall–Kier alpha value is -0.610. The van der Waals surface area contributed by atoms with Gasteiger partial charge in [-0.3, -0.25) is 0 Å². The molecule has 16 heavy (non-hydrogen) atoms.